The van der Waals surface area contributed by atoms with E-state index in [1.807, 2.05) is 31.3 Å². The van der Waals surface area contributed by atoms with Crippen LogP contribution in [0.15, 0.2) is 54.7 Å². The summed E-state index contributed by atoms with van der Waals surface area (Å²) in [5, 5.41) is 10.7. The molecule has 1 N–H and O–H groups in total. The molecular weight excluding hydrogens is 312 g/mol. The van der Waals surface area contributed by atoms with E-state index in [9.17, 15) is 5.11 Å². The van der Waals surface area contributed by atoms with Crippen LogP contribution in [0.2, 0.25) is 0 Å². The van der Waals surface area contributed by atoms with Crippen molar-refractivity contribution in [2.45, 2.75) is 26.6 Å². The highest BCUT2D eigenvalue weighted by Crippen LogP contribution is 2.22. The van der Waals surface area contributed by atoms with Crippen molar-refractivity contribution in [1.82, 2.24) is 9.88 Å². The van der Waals surface area contributed by atoms with Crippen LogP contribution in [-0.4, -0.2) is 28.6 Å². The maximum atomic E-state index is 9.56. The lowest BCUT2D eigenvalue weighted by Gasteiger charge is -2.19. The van der Waals surface area contributed by atoms with E-state index in [4.69, 9.17) is 4.74 Å². The van der Waals surface area contributed by atoms with E-state index < -0.39 is 0 Å². The number of pyridine rings is 1. The molecule has 0 radical (unpaired) electrons. The zero-order chi connectivity index (χ0) is 17.6. The lowest BCUT2D eigenvalue weighted by Crippen LogP contribution is -2.17. The minimum Gasteiger partial charge on any atom is -0.494 e. The highest BCUT2D eigenvalue weighted by Gasteiger charge is 2.09. The molecule has 0 aliphatic heterocycles. The number of aliphatic hydroxyl groups is 1. The van der Waals surface area contributed by atoms with Gasteiger partial charge in [0.25, 0.3) is 0 Å². The van der Waals surface area contributed by atoms with Crippen molar-refractivity contribution in [3.8, 4) is 5.75 Å². The Morgan fingerprint density at radius 1 is 1.04 bits per heavy atom. The molecule has 4 nitrogen and oxygen atoms in total. The van der Waals surface area contributed by atoms with Gasteiger partial charge >= 0.3 is 0 Å². The molecule has 0 unspecified atom stereocenters. The van der Waals surface area contributed by atoms with Gasteiger partial charge in [0.1, 0.15) is 5.75 Å². The summed E-state index contributed by atoms with van der Waals surface area (Å²) in [6, 6.07) is 16.4. The van der Waals surface area contributed by atoms with Crippen LogP contribution >= 0.6 is 0 Å². The van der Waals surface area contributed by atoms with Crippen LogP contribution in [0.3, 0.4) is 0 Å². The summed E-state index contributed by atoms with van der Waals surface area (Å²) in [5.41, 5.74) is 4.26. The lowest BCUT2D eigenvalue weighted by atomic mass is 10.1. The van der Waals surface area contributed by atoms with Crippen LogP contribution in [0.4, 0.5) is 0 Å². The molecule has 0 aliphatic carbocycles. The molecule has 0 atom stereocenters. The van der Waals surface area contributed by atoms with Crippen molar-refractivity contribution >= 4 is 10.9 Å². The number of rotatable bonds is 7. The van der Waals surface area contributed by atoms with Crippen LogP contribution in [0.5, 0.6) is 5.75 Å². The molecule has 0 aliphatic rings. The van der Waals surface area contributed by atoms with Crippen LogP contribution in [-0.2, 0) is 19.7 Å². The molecule has 3 aromatic rings. The van der Waals surface area contributed by atoms with Gasteiger partial charge in [0.05, 0.1) is 18.7 Å². The molecule has 0 saturated heterocycles. The minimum absolute atomic E-state index is 0.0138. The third kappa shape index (κ3) is 4.16. The predicted molar refractivity (Wildman–Crippen MR) is 100 cm³/mol. The first kappa shape index (κ1) is 17.4. The molecule has 0 amide bonds. The molecule has 0 fully saturated rings. The van der Waals surface area contributed by atoms with Gasteiger partial charge in [0.2, 0.25) is 0 Å². The number of benzene rings is 2. The lowest BCUT2D eigenvalue weighted by molar-refractivity contribution is 0.266. The monoisotopic (exact) mass is 336 g/mol. The van der Waals surface area contributed by atoms with Gasteiger partial charge in [-0.25, -0.2) is 0 Å². The minimum atomic E-state index is -0.0138. The zero-order valence-corrected chi connectivity index (χ0v) is 14.8. The Bertz CT molecular complexity index is 843. The molecule has 25 heavy (non-hydrogen) atoms. The van der Waals surface area contributed by atoms with E-state index in [-0.39, 0.29) is 6.61 Å². The first-order valence-corrected chi connectivity index (χ1v) is 8.58. The summed E-state index contributed by atoms with van der Waals surface area (Å²) >= 11 is 0. The van der Waals surface area contributed by atoms with Crippen molar-refractivity contribution in [2.75, 3.05) is 13.7 Å². The first-order valence-electron chi connectivity index (χ1n) is 8.58. The maximum absolute atomic E-state index is 9.56. The van der Waals surface area contributed by atoms with Gasteiger partial charge < -0.3 is 9.84 Å². The average Bonchev–Trinajstić information content (AvgIpc) is 2.63. The van der Waals surface area contributed by atoms with Gasteiger partial charge in [-0.05, 0) is 43.3 Å². The van der Waals surface area contributed by atoms with Crippen molar-refractivity contribution in [2.24, 2.45) is 0 Å². The Kier molecular flexibility index (Phi) is 5.64. The van der Waals surface area contributed by atoms with Gasteiger partial charge in [0.15, 0.2) is 0 Å². The van der Waals surface area contributed by atoms with Crippen LogP contribution in [0.25, 0.3) is 10.9 Å². The molecule has 130 valence electrons. The SMILES string of the molecule is CCOc1ccc(CN(C)Cc2cccc3cccnc23)cc1CO. The second kappa shape index (κ2) is 8.10. The van der Waals surface area contributed by atoms with Crippen molar-refractivity contribution < 1.29 is 9.84 Å². The van der Waals surface area contributed by atoms with E-state index in [0.29, 0.717) is 6.61 Å². The second-order valence-electron chi connectivity index (χ2n) is 6.20. The Morgan fingerprint density at radius 3 is 2.68 bits per heavy atom. The summed E-state index contributed by atoms with van der Waals surface area (Å²) in [6.07, 6.45) is 1.84. The number of ether oxygens (including phenoxy) is 1. The van der Waals surface area contributed by atoms with Crippen LogP contribution in [0.1, 0.15) is 23.6 Å². The largest absolute Gasteiger partial charge is 0.494 e. The molecule has 1 heterocycles. The fourth-order valence-corrected chi connectivity index (χ4v) is 3.10. The predicted octanol–water partition coefficient (Wildman–Crippen LogP) is 3.76. The van der Waals surface area contributed by atoms with Gasteiger partial charge in [-0.3, -0.25) is 9.88 Å². The Hall–Kier alpha value is -2.43. The van der Waals surface area contributed by atoms with Gasteiger partial charge in [-0.15, -0.1) is 0 Å². The maximum Gasteiger partial charge on any atom is 0.124 e. The van der Waals surface area contributed by atoms with E-state index in [1.54, 1.807) is 0 Å². The van der Waals surface area contributed by atoms with E-state index >= 15 is 0 Å². The summed E-state index contributed by atoms with van der Waals surface area (Å²) < 4.78 is 5.55. The van der Waals surface area contributed by atoms with Crippen LogP contribution < -0.4 is 4.74 Å². The molecule has 2 aromatic carbocycles. The Balaban J connectivity index is 1.75. The number of hydrogen-bond acceptors (Lipinski definition) is 4. The standard InChI is InChI=1S/C21H24N2O2/c1-3-25-20-10-9-16(12-19(20)15-24)13-23(2)14-18-7-4-6-17-8-5-11-22-21(17)18/h4-12,24H,3,13-15H2,1-2H3. The van der Waals surface area contributed by atoms with E-state index in [1.165, 1.54) is 5.56 Å². The summed E-state index contributed by atoms with van der Waals surface area (Å²) in [7, 11) is 2.09. The highest BCUT2D eigenvalue weighted by molar-refractivity contribution is 5.81. The number of fused-ring (bicyclic) bond motifs is 1. The summed E-state index contributed by atoms with van der Waals surface area (Å²) in [6.45, 7) is 4.14. The van der Waals surface area contributed by atoms with E-state index in [2.05, 4.69) is 47.3 Å². The molecule has 4 heteroatoms. The summed E-state index contributed by atoms with van der Waals surface area (Å²) in [5.74, 6) is 0.759. The Morgan fingerprint density at radius 2 is 1.88 bits per heavy atom. The zero-order valence-electron chi connectivity index (χ0n) is 14.8. The fraction of sp³-hybridized carbons (Fsp3) is 0.286. The Labute approximate surface area is 148 Å². The number of aliphatic hydroxyl groups excluding tert-OH is 1. The third-order valence-electron chi connectivity index (χ3n) is 4.20. The number of aromatic nitrogens is 1. The third-order valence-corrected chi connectivity index (χ3v) is 4.20. The van der Waals surface area contributed by atoms with Crippen LogP contribution in [0, 0.1) is 0 Å². The van der Waals surface area contributed by atoms with Gasteiger partial charge in [0, 0.05) is 30.2 Å². The first-order chi connectivity index (χ1) is 12.2. The highest BCUT2D eigenvalue weighted by atomic mass is 16.5. The molecular formula is C21H24N2O2. The topological polar surface area (TPSA) is 45.6 Å². The summed E-state index contributed by atoms with van der Waals surface area (Å²) in [4.78, 5) is 6.77. The smallest absolute Gasteiger partial charge is 0.124 e. The fourth-order valence-electron chi connectivity index (χ4n) is 3.10. The molecule has 1 aromatic heterocycles. The number of para-hydroxylation sites is 1. The van der Waals surface area contributed by atoms with Gasteiger partial charge in [-0.1, -0.05) is 30.3 Å². The quantitative estimate of drug-likeness (QED) is 0.713. The number of hydrogen-bond donors (Lipinski definition) is 1. The second-order valence-corrected chi connectivity index (χ2v) is 6.20. The van der Waals surface area contributed by atoms with Crippen molar-refractivity contribution in [3.05, 3.63) is 71.4 Å². The average molecular weight is 336 g/mol. The van der Waals surface area contributed by atoms with E-state index in [0.717, 1.165) is 40.9 Å². The molecule has 0 bridgehead atoms. The molecule has 0 spiro atoms. The molecule has 3 rings (SSSR count). The normalized spacial score (nSPS) is 11.2. The van der Waals surface area contributed by atoms with Crippen molar-refractivity contribution in [1.29, 1.82) is 0 Å². The molecule has 0 saturated carbocycles. The number of nitrogens with zero attached hydrogens (tertiary/aromatic N) is 2. The van der Waals surface area contributed by atoms with Crippen molar-refractivity contribution in [3.63, 3.8) is 0 Å². The van der Waals surface area contributed by atoms with Gasteiger partial charge in [-0.2, -0.15) is 0 Å².